The summed E-state index contributed by atoms with van der Waals surface area (Å²) >= 11 is 7.21. The van der Waals surface area contributed by atoms with Crippen molar-refractivity contribution in [1.82, 2.24) is 5.32 Å². The molecule has 12 heavy (non-hydrogen) atoms. The highest BCUT2D eigenvalue weighted by atomic mass is 35.5. The minimum absolute atomic E-state index is 0.127. The summed E-state index contributed by atoms with van der Waals surface area (Å²) in [5.41, 5.74) is 0. The summed E-state index contributed by atoms with van der Waals surface area (Å²) in [5, 5.41) is 2.88. The number of alkyl halides is 1. The minimum atomic E-state index is 0.127. The van der Waals surface area contributed by atoms with E-state index in [0.717, 1.165) is 12.2 Å². The number of halogens is 1. The summed E-state index contributed by atoms with van der Waals surface area (Å²) in [5.74, 6) is 1.62. The molecule has 0 aromatic heterocycles. The number of carbonyl (C=O) groups excluding carboxylic acids is 1. The van der Waals surface area contributed by atoms with Crippen molar-refractivity contribution in [2.75, 3.05) is 17.9 Å². The van der Waals surface area contributed by atoms with E-state index in [9.17, 15) is 4.79 Å². The van der Waals surface area contributed by atoms with Crippen LogP contribution in [0.1, 0.15) is 19.8 Å². The molecule has 0 saturated carbocycles. The molecule has 1 N–H and O–H groups in total. The lowest BCUT2D eigenvalue weighted by Gasteiger charge is -2.11. The van der Waals surface area contributed by atoms with E-state index in [-0.39, 0.29) is 11.9 Å². The van der Waals surface area contributed by atoms with Gasteiger partial charge in [-0.1, -0.05) is 0 Å². The number of nitrogens with one attached hydrogen (secondary N) is 1. The van der Waals surface area contributed by atoms with Crippen LogP contribution >= 0.6 is 23.4 Å². The second-order valence-electron chi connectivity index (χ2n) is 2.69. The second kappa shape index (κ2) is 7.74. The largest absolute Gasteiger partial charge is 0.354 e. The van der Waals surface area contributed by atoms with Crippen molar-refractivity contribution >= 4 is 29.3 Å². The Labute approximate surface area is 83.4 Å². The van der Waals surface area contributed by atoms with E-state index in [1.165, 1.54) is 0 Å². The molecule has 72 valence electrons. The maximum absolute atomic E-state index is 11.1. The van der Waals surface area contributed by atoms with Crippen LogP contribution in [0.5, 0.6) is 0 Å². The molecule has 0 aliphatic heterocycles. The zero-order valence-electron chi connectivity index (χ0n) is 7.60. The molecule has 1 unspecified atom stereocenters. The first kappa shape index (κ1) is 12.1. The zero-order valence-corrected chi connectivity index (χ0v) is 9.17. The molecule has 0 aliphatic carbocycles. The Hall–Kier alpha value is 0.110. The normalized spacial score (nSPS) is 12.6. The third-order valence-corrected chi connectivity index (χ3v) is 2.31. The van der Waals surface area contributed by atoms with Gasteiger partial charge in [-0.3, -0.25) is 4.79 Å². The van der Waals surface area contributed by atoms with E-state index in [1.54, 1.807) is 11.8 Å². The fourth-order valence-corrected chi connectivity index (χ4v) is 1.49. The predicted octanol–water partition coefficient (Wildman–Crippen LogP) is 1.87. The number of amides is 1. The maximum atomic E-state index is 11.1. The third kappa shape index (κ3) is 6.80. The van der Waals surface area contributed by atoms with E-state index in [2.05, 4.69) is 5.32 Å². The van der Waals surface area contributed by atoms with Crippen LogP contribution in [-0.2, 0) is 4.79 Å². The summed E-state index contributed by atoms with van der Waals surface area (Å²) in [6.07, 6.45) is 3.44. The summed E-state index contributed by atoms with van der Waals surface area (Å²) in [6, 6.07) is 0.205. The van der Waals surface area contributed by atoms with Crippen molar-refractivity contribution in [3.63, 3.8) is 0 Å². The van der Waals surface area contributed by atoms with Gasteiger partial charge in [-0.15, -0.1) is 11.6 Å². The molecule has 0 saturated heterocycles. The average Bonchev–Trinajstić information content (AvgIpc) is 2.01. The molecular formula is C8H16ClNOS. The quantitative estimate of drug-likeness (QED) is 0.677. The highest BCUT2D eigenvalue weighted by Gasteiger charge is 2.05. The Morgan fingerprint density at radius 3 is 2.83 bits per heavy atom. The Balaban J connectivity index is 3.40. The van der Waals surface area contributed by atoms with Crippen LogP contribution in [0.15, 0.2) is 0 Å². The summed E-state index contributed by atoms with van der Waals surface area (Å²) in [7, 11) is 0. The van der Waals surface area contributed by atoms with Crippen LogP contribution in [0.25, 0.3) is 0 Å². The number of carbonyl (C=O) groups is 1. The number of thioether (sulfide) groups is 1. The molecule has 0 heterocycles. The van der Waals surface area contributed by atoms with Crippen LogP contribution in [0, 0.1) is 0 Å². The molecule has 0 aromatic rings. The molecular weight excluding hydrogens is 194 g/mol. The lowest BCUT2D eigenvalue weighted by atomic mass is 10.2. The zero-order chi connectivity index (χ0) is 9.40. The molecule has 2 nitrogen and oxygen atoms in total. The third-order valence-electron chi connectivity index (χ3n) is 1.48. The van der Waals surface area contributed by atoms with Gasteiger partial charge in [0.25, 0.3) is 0 Å². The van der Waals surface area contributed by atoms with Crippen molar-refractivity contribution in [1.29, 1.82) is 0 Å². The molecule has 0 radical (unpaired) electrons. The van der Waals surface area contributed by atoms with E-state index in [0.29, 0.717) is 12.3 Å². The highest BCUT2D eigenvalue weighted by molar-refractivity contribution is 7.98. The molecule has 0 aromatic carbocycles. The fourth-order valence-electron chi connectivity index (χ4n) is 0.778. The van der Waals surface area contributed by atoms with Crippen LogP contribution in [-0.4, -0.2) is 29.8 Å². The minimum Gasteiger partial charge on any atom is -0.354 e. The molecule has 0 fully saturated rings. The smallest absolute Gasteiger partial charge is 0.221 e. The monoisotopic (exact) mass is 209 g/mol. The molecule has 4 heteroatoms. The van der Waals surface area contributed by atoms with Crippen molar-refractivity contribution < 1.29 is 4.79 Å². The van der Waals surface area contributed by atoms with Gasteiger partial charge in [0.05, 0.1) is 0 Å². The van der Waals surface area contributed by atoms with E-state index >= 15 is 0 Å². The predicted molar refractivity (Wildman–Crippen MR) is 55.9 cm³/mol. The Kier molecular flexibility index (Phi) is 7.81. The van der Waals surface area contributed by atoms with Gasteiger partial charge in [0.15, 0.2) is 0 Å². The topological polar surface area (TPSA) is 29.1 Å². The first-order valence-corrected chi connectivity index (χ1v) is 5.97. The average molecular weight is 210 g/mol. The van der Waals surface area contributed by atoms with E-state index < -0.39 is 0 Å². The van der Waals surface area contributed by atoms with Gasteiger partial charge in [-0.05, 0) is 19.6 Å². The van der Waals surface area contributed by atoms with Crippen LogP contribution in [0.3, 0.4) is 0 Å². The molecule has 1 amide bonds. The lowest BCUT2D eigenvalue weighted by molar-refractivity contribution is -0.121. The molecule has 0 rings (SSSR count). The summed E-state index contributed by atoms with van der Waals surface area (Å²) in [6.45, 7) is 1.97. The van der Waals surface area contributed by atoms with E-state index in [4.69, 9.17) is 11.6 Å². The summed E-state index contributed by atoms with van der Waals surface area (Å²) < 4.78 is 0. The Morgan fingerprint density at radius 1 is 1.67 bits per heavy atom. The van der Waals surface area contributed by atoms with Crippen LogP contribution in [0.2, 0.25) is 0 Å². The summed E-state index contributed by atoms with van der Waals surface area (Å²) in [4.78, 5) is 11.1. The first-order chi connectivity index (χ1) is 5.70. The molecule has 0 aliphatic rings. The van der Waals surface area contributed by atoms with Crippen molar-refractivity contribution in [3.05, 3.63) is 0 Å². The number of rotatable bonds is 6. The number of hydrogen-bond donors (Lipinski definition) is 1. The molecule has 0 spiro atoms. The van der Waals surface area contributed by atoms with Crippen molar-refractivity contribution in [3.8, 4) is 0 Å². The van der Waals surface area contributed by atoms with Gasteiger partial charge < -0.3 is 5.32 Å². The van der Waals surface area contributed by atoms with Gasteiger partial charge in [-0.25, -0.2) is 0 Å². The van der Waals surface area contributed by atoms with Gasteiger partial charge in [0, 0.05) is 24.1 Å². The van der Waals surface area contributed by atoms with Crippen LogP contribution < -0.4 is 5.32 Å². The number of hydrogen-bond acceptors (Lipinski definition) is 2. The highest BCUT2D eigenvalue weighted by Crippen LogP contribution is 1.97. The van der Waals surface area contributed by atoms with Gasteiger partial charge in [0.2, 0.25) is 5.91 Å². The van der Waals surface area contributed by atoms with Crippen LogP contribution in [0.4, 0.5) is 0 Å². The Morgan fingerprint density at radius 2 is 2.33 bits per heavy atom. The standard InChI is InChI=1S/C8H16ClNOS/c1-7(3-5-9)10-8(11)4-6-12-2/h7H,3-6H2,1-2H3,(H,10,11). The van der Waals surface area contributed by atoms with Gasteiger partial charge in [0.1, 0.15) is 0 Å². The van der Waals surface area contributed by atoms with Gasteiger partial charge >= 0.3 is 0 Å². The first-order valence-electron chi connectivity index (χ1n) is 4.05. The maximum Gasteiger partial charge on any atom is 0.221 e. The van der Waals surface area contributed by atoms with Crippen molar-refractivity contribution in [2.45, 2.75) is 25.8 Å². The fraction of sp³-hybridized carbons (Fsp3) is 0.875. The second-order valence-corrected chi connectivity index (χ2v) is 4.05. The van der Waals surface area contributed by atoms with Gasteiger partial charge in [-0.2, -0.15) is 11.8 Å². The van der Waals surface area contributed by atoms with Crippen molar-refractivity contribution in [2.24, 2.45) is 0 Å². The van der Waals surface area contributed by atoms with E-state index in [1.807, 2.05) is 13.2 Å². The SMILES string of the molecule is CSCCC(=O)NC(C)CCCl. The molecule has 0 bridgehead atoms. The Bertz CT molecular complexity index is 132. The molecule has 1 atom stereocenters. The lowest BCUT2D eigenvalue weighted by Crippen LogP contribution is -2.32.